The van der Waals surface area contributed by atoms with Crippen molar-refractivity contribution in [2.45, 2.75) is 12.3 Å². The topological polar surface area (TPSA) is 57.8 Å². The number of carbonyl (C=O) groups excluding carboxylic acids is 1. The van der Waals surface area contributed by atoms with E-state index in [9.17, 15) is 4.79 Å². The van der Waals surface area contributed by atoms with Gasteiger partial charge in [-0.05, 0) is 6.07 Å². The number of nitrogens with one attached hydrogen (secondary N) is 2. The van der Waals surface area contributed by atoms with Crippen molar-refractivity contribution in [2.24, 2.45) is 0 Å². The molecule has 0 spiro atoms. The molecule has 2 aromatic rings. The first-order valence-corrected chi connectivity index (χ1v) is 5.70. The van der Waals surface area contributed by atoms with Crippen molar-refractivity contribution in [1.82, 2.24) is 15.5 Å². The molecule has 1 amide bonds. The number of aromatic amines is 1. The van der Waals surface area contributed by atoms with E-state index in [2.05, 4.69) is 15.5 Å². The minimum Gasteiger partial charge on any atom is -0.355 e. The fourth-order valence-corrected chi connectivity index (χ4v) is 2.13. The lowest BCUT2D eigenvalue weighted by molar-refractivity contribution is -0.119. The third-order valence-electron chi connectivity index (χ3n) is 3.08. The number of aromatic nitrogens is 2. The highest BCUT2D eigenvalue weighted by Crippen LogP contribution is 2.25. The zero-order valence-electron chi connectivity index (χ0n) is 9.31. The Hall–Kier alpha value is -2.10. The lowest BCUT2D eigenvalue weighted by atomic mass is 10.0. The predicted molar refractivity (Wildman–Crippen MR) is 64.4 cm³/mol. The first-order chi connectivity index (χ1) is 8.33. The molecule has 0 aliphatic carbocycles. The maximum atomic E-state index is 11.2. The van der Waals surface area contributed by atoms with Gasteiger partial charge in [0.25, 0.3) is 0 Å². The van der Waals surface area contributed by atoms with Crippen LogP contribution in [0.3, 0.4) is 0 Å². The van der Waals surface area contributed by atoms with E-state index in [0.29, 0.717) is 13.0 Å². The molecular formula is C13H13N3O. The molecule has 1 aliphatic rings. The van der Waals surface area contributed by atoms with Gasteiger partial charge in [-0.15, -0.1) is 0 Å². The number of carbonyl (C=O) groups is 1. The van der Waals surface area contributed by atoms with E-state index in [1.807, 2.05) is 36.4 Å². The van der Waals surface area contributed by atoms with E-state index in [0.717, 1.165) is 17.0 Å². The molecule has 0 saturated carbocycles. The van der Waals surface area contributed by atoms with Crippen LogP contribution in [0.4, 0.5) is 0 Å². The van der Waals surface area contributed by atoms with Crippen LogP contribution in [0.25, 0.3) is 11.3 Å². The number of H-pyrrole nitrogens is 1. The largest absolute Gasteiger partial charge is 0.355 e. The molecule has 4 heteroatoms. The number of amides is 1. The minimum atomic E-state index is 0.117. The summed E-state index contributed by atoms with van der Waals surface area (Å²) in [5.41, 5.74) is 3.05. The van der Waals surface area contributed by atoms with E-state index in [1.54, 1.807) is 0 Å². The van der Waals surface area contributed by atoms with Gasteiger partial charge in [-0.1, -0.05) is 30.3 Å². The summed E-state index contributed by atoms with van der Waals surface area (Å²) in [7, 11) is 0. The van der Waals surface area contributed by atoms with Crippen LogP contribution in [0.1, 0.15) is 18.0 Å². The average Bonchev–Trinajstić information content (AvgIpc) is 2.98. The molecule has 86 valence electrons. The minimum absolute atomic E-state index is 0.117. The van der Waals surface area contributed by atoms with E-state index >= 15 is 0 Å². The highest BCUT2D eigenvalue weighted by molar-refractivity contribution is 5.79. The fraction of sp³-hybridized carbons (Fsp3) is 0.231. The van der Waals surface area contributed by atoms with Gasteiger partial charge in [-0.25, -0.2) is 0 Å². The molecule has 4 nitrogen and oxygen atoms in total. The standard InChI is InChI=1S/C13H13N3O/c17-13-6-10(8-14-13)12-7-11(15-16-12)9-4-2-1-3-5-9/h1-5,7,10H,6,8H2,(H,14,17)(H,15,16). The van der Waals surface area contributed by atoms with Crippen molar-refractivity contribution in [3.8, 4) is 11.3 Å². The molecule has 2 heterocycles. The van der Waals surface area contributed by atoms with Crippen LogP contribution in [-0.2, 0) is 4.79 Å². The summed E-state index contributed by atoms with van der Waals surface area (Å²) in [4.78, 5) is 11.2. The summed E-state index contributed by atoms with van der Waals surface area (Å²) in [6, 6.07) is 12.0. The molecule has 1 aliphatic heterocycles. The highest BCUT2D eigenvalue weighted by atomic mass is 16.1. The Morgan fingerprint density at radius 2 is 2.06 bits per heavy atom. The zero-order valence-corrected chi connectivity index (χ0v) is 9.31. The quantitative estimate of drug-likeness (QED) is 0.820. The van der Waals surface area contributed by atoms with Gasteiger partial charge >= 0.3 is 0 Å². The van der Waals surface area contributed by atoms with Crippen LogP contribution >= 0.6 is 0 Å². The van der Waals surface area contributed by atoms with Crippen LogP contribution in [0.15, 0.2) is 36.4 Å². The zero-order chi connectivity index (χ0) is 11.7. The average molecular weight is 227 g/mol. The first-order valence-electron chi connectivity index (χ1n) is 5.70. The molecule has 1 aromatic carbocycles. The summed E-state index contributed by atoms with van der Waals surface area (Å²) in [5.74, 6) is 0.346. The summed E-state index contributed by atoms with van der Waals surface area (Å²) in [6.45, 7) is 0.704. The van der Waals surface area contributed by atoms with Gasteiger partial charge in [-0.3, -0.25) is 9.89 Å². The van der Waals surface area contributed by atoms with Gasteiger partial charge in [0.05, 0.1) is 5.69 Å². The molecule has 1 aromatic heterocycles. The molecule has 17 heavy (non-hydrogen) atoms. The second-order valence-electron chi connectivity index (χ2n) is 4.28. The SMILES string of the molecule is O=C1CC(c2cc(-c3ccccc3)n[nH]2)CN1. The van der Waals surface area contributed by atoms with E-state index in [-0.39, 0.29) is 11.8 Å². The number of hydrogen-bond donors (Lipinski definition) is 2. The van der Waals surface area contributed by atoms with Gasteiger partial charge < -0.3 is 5.32 Å². The third kappa shape index (κ3) is 1.93. The molecule has 2 N–H and O–H groups in total. The van der Waals surface area contributed by atoms with Crippen molar-refractivity contribution in [3.63, 3.8) is 0 Å². The van der Waals surface area contributed by atoms with E-state index in [1.165, 1.54) is 0 Å². The van der Waals surface area contributed by atoms with Crippen molar-refractivity contribution in [1.29, 1.82) is 0 Å². The Morgan fingerprint density at radius 3 is 2.76 bits per heavy atom. The van der Waals surface area contributed by atoms with Crippen molar-refractivity contribution in [3.05, 3.63) is 42.1 Å². The molecule has 0 radical (unpaired) electrons. The Bertz CT molecular complexity index is 533. The fourth-order valence-electron chi connectivity index (χ4n) is 2.13. The maximum absolute atomic E-state index is 11.2. The predicted octanol–water partition coefficient (Wildman–Crippen LogP) is 1.68. The van der Waals surface area contributed by atoms with E-state index in [4.69, 9.17) is 0 Å². The van der Waals surface area contributed by atoms with Gasteiger partial charge in [0.15, 0.2) is 0 Å². The van der Waals surface area contributed by atoms with E-state index < -0.39 is 0 Å². The molecule has 1 saturated heterocycles. The Balaban J connectivity index is 1.86. The summed E-state index contributed by atoms with van der Waals surface area (Å²) in [5, 5.41) is 10.1. The van der Waals surface area contributed by atoms with Crippen LogP contribution in [-0.4, -0.2) is 22.6 Å². The van der Waals surface area contributed by atoms with Crippen molar-refractivity contribution >= 4 is 5.91 Å². The van der Waals surface area contributed by atoms with Crippen LogP contribution in [0, 0.1) is 0 Å². The number of rotatable bonds is 2. The molecule has 1 atom stereocenters. The maximum Gasteiger partial charge on any atom is 0.220 e. The van der Waals surface area contributed by atoms with Crippen molar-refractivity contribution in [2.75, 3.05) is 6.54 Å². The molecule has 0 bridgehead atoms. The van der Waals surface area contributed by atoms with Crippen molar-refractivity contribution < 1.29 is 4.79 Å². The van der Waals surface area contributed by atoms with Gasteiger partial charge in [-0.2, -0.15) is 5.10 Å². The van der Waals surface area contributed by atoms with Crippen LogP contribution in [0.5, 0.6) is 0 Å². The van der Waals surface area contributed by atoms with Crippen LogP contribution in [0.2, 0.25) is 0 Å². The monoisotopic (exact) mass is 227 g/mol. The number of benzene rings is 1. The number of nitrogens with zero attached hydrogens (tertiary/aromatic N) is 1. The smallest absolute Gasteiger partial charge is 0.220 e. The van der Waals surface area contributed by atoms with Gasteiger partial charge in [0.2, 0.25) is 5.91 Å². The Kier molecular flexibility index (Phi) is 2.40. The van der Waals surface area contributed by atoms with Gasteiger partial charge in [0, 0.05) is 30.1 Å². The molecular weight excluding hydrogens is 214 g/mol. The normalized spacial score (nSPS) is 19.3. The number of hydrogen-bond acceptors (Lipinski definition) is 2. The third-order valence-corrected chi connectivity index (χ3v) is 3.08. The summed E-state index contributed by atoms with van der Waals surface area (Å²) < 4.78 is 0. The molecule has 1 fully saturated rings. The molecule has 3 rings (SSSR count). The second kappa shape index (κ2) is 4.05. The Morgan fingerprint density at radius 1 is 1.24 bits per heavy atom. The lowest BCUT2D eigenvalue weighted by Gasteiger charge is -2.01. The second-order valence-corrected chi connectivity index (χ2v) is 4.28. The first kappa shape index (κ1) is 10.1. The summed E-state index contributed by atoms with van der Waals surface area (Å²) >= 11 is 0. The summed E-state index contributed by atoms with van der Waals surface area (Å²) in [6.07, 6.45) is 0.552. The highest BCUT2D eigenvalue weighted by Gasteiger charge is 2.24. The van der Waals surface area contributed by atoms with Gasteiger partial charge in [0.1, 0.15) is 0 Å². The van der Waals surface area contributed by atoms with Crippen LogP contribution < -0.4 is 5.32 Å². The Labute approximate surface area is 99.1 Å². The lowest BCUT2D eigenvalue weighted by Crippen LogP contribution is -2.13. The molecule has 1 unspecified atom stereocenters.